The SMILES string of the molecule is CCOc1ccc(N=c2scc(-c3ccccc3)n2CCC[NH+]2CCOCC2)cc1. The van der Waals surface area contributed by atoms with E-state index >= 15 is 0 Å². The molecule has 1 aliphatic rings. The van der Waals surface area contributed by atoms with E-state index in [1.54, 1.807) is 16.2 Å². The zero-order valence-corrected chi connectivity index (χ0v) is 18.4. The summed E-state index contributed by atoms with van der Waals surface area (Å²) in [6.07, 6.45) is 1.13. The number of quaternary nitrogens is 1. The maximum atomic E-state index is 5.55. The lowest BCUT2D eigenvalue weighted by Crippen LogP contribution is -3.14. The Labute approximate surface area is 182 Å². The summed E-state index contributed by atoms with van der Waals surface area (Å²) in [5.41, 5.74) is 3.43. The molecular formula is C24H30N3O2S+. The molecule has 3 aromatic rings. The highest BCUT2D eigenvalue weighted by molar-refractivity contribution is 7.07. The minimum atomic E-state index is 0.674. The van der Waals surface area contributed by atoms with Crippen LogP contribution in [0.2, 0.25) is 0 Å². The molecule has 0 unspecified atom stereocenters. The molecule has 0 spiro atoms. The monoisotopic (exact) mass is 424 g/mol. The Morgan fingerprint density at radius 3 is 2.57 bits per heavy atom. The third-order valence-electron chi connectivity index (χ3n) is 5.35. The van der Waals surface area contributed by atoms with E-state index in [-0.39, 0.29) is 0 Å². The minimum Gasteiger partial charge on any atom is -0.494 e. The first-order valence-corrected chi connectivity index (χ1v) is 11.6. The molecule has 1 fully saturated rings. The van der Waals surface area contributed by atoms with Crippen LogP contribution in [0.15, 0.2) is 65.0 Å². The molecular weight excluding hydrogens is 394 g/mol. The largest absolute Gasteiger partial charge is 0.494 e. The van der Waals surface area contributed by atoms with Crippen LogP contribution >= 0.6 is 11.3 Å². The van der Waals surface area contributed by atoms with Crippen LogP contribution in [0.4, 0.5) is 5.69 Å². The van der Waals surface area contributed by atoms with Gasteiger partial charge in [0.05, 0.1) is 37.7 Å². The summed E-state index contributed by atoms with van der Waals surface area (Å²) in [6, 6.07) is 18.6. The number of nitrogens with one attached hydrogen (secondary N) is 1. The van der Waals surface area contributed by atoms with Crippen molar-refractivity contribution in [2.24, 2.45) is 4.99 Å². The number of hydrogen-bond acceptors (Lipinski definition) is 4. The number of aromatic nitrogens is 1. The minimum absolute atomic E-state index is 0.674. The highest BCUT2D eigenvalue weighted by Crippen LogP contribution is 2.22. The Balaban J connectivity index is 1.58. The molecule has 1 saturated heterocycles. The molecule has 0 bridgehead atoms. The smallest absolute Gasteiger partial charge is 0.190 e. The van der Waals surface area contributed by atoms with Crippen molar-refractivity contribution < 1.29 is 14.4 Å². The van der Waals surface area contributed by atoms with Gasteiger partial charge < -0.3 is 18.9 Å². The molecule has 0 atom stereocenters. The predicted octanol–water partition coefficient (Wildman–Crippen LogP) is 3.15. The van der Waals surface area contributed by atoms with Crippen LogP contribution in [0.25, 0.3) is 11.3 Å². The van der Waals surface area contributed by atoms with E-state index in [0.717, 1.165) is 55.5 Å². The standard InChI is InChI=1S/C24H29N3O2S/c1-2-29-22-11-9-21(10-12-22)25-24-27(14-6-13-26-15-17-28-18-16-26)23(19-30-24)20-7-4-3-5-8-20/h3-5,7-12,19H,2,6,13-18H2,1H3/p+1. The third kappa shape index (κ3) is 5.39. The summed E-state index contributed by atoms with van der Waals surface area (Å²) in [5.74, 6) is 0.883. The van der Waals surface area contributed by atoms with E-state index in [9.17, 15) is 0 Å². The van der Waals surface area contributed by atoms with Crippen LogP contribution in [-0.2, 0) is 11.3 Å². The third-order valence-corrected chi connectivity index (χ3v) is 6.22. The van der Waals surface area contributed by atoms with E-state index in [2.05, 4.69) is 40.3 Å². The molecule has 0 saturated carbocycles. The van der Waals surface area contributed by atoms with Gasteiger partial charge in [0.15, 0.2) is 4.80 Å². The number of morpholine rings is 1. The van der Waals surface area contributed by atoms with Crippen molar-refractivity contribution in [1.82, 2.24) is 4.57 Å². The lowest BCUT2D eigenvalue weighted by Gasteiger charge is -2.23. The van der Waals surface area contributed by atoms with Crippen molar-refractivity contribution in [1.29, 1.82) is 0 Å². The fourth-order valence-electron chi connectivity index (χ4n) is 3.77. The van der Waals surface area contributed by atoms with Crippen molar-refractivity contribution in [2.45, 2.75) is 19.9 Å². The van der Waals surface area contributed by atoms with Gasteiger partial charge in [-0.1, -0.05) is 30.3 Å². The summed E-state index contributed by atoms with van der Waals surface area (Å²) in [4.78, 5) is 7.63. The summed E-state index contributed by atoms with van der Waals surface area (Å²) < 4.78 is 13.4. The summed E-state index contributed by atoms with van der Waals surface area (Å²) in [7, 11) is 0. The first-order valence-electron chi connectivity index (χ1n) is 10.8. The number of benzene rings is 2. The van der Waals surface area contributed by atoms with Crippen LogP contribution in [0, 0.1) is 0 Å². The van der Waals surface area contributed by atoms with Gasteiger partial charge >= 0.3 is 0 Å². The number of nitrogens with zero attached hydrogens (tertiary/aromatic N) is 2. The quantitative estimate of drug-likeness (QED) is 0.604. The van der Waals surface area contributed by atoms with Crippen molar-refractivity contribution in [3.8, 4) is 17.0 Å². The molecule has 5 nitrogen and oxygen atoms in total. The second kappa shape index (κ2) is 10.6. The zero-order chi connectivity index (χ0) is 20.6. The number of thiazole rings is 1. The summed E-state index contributed by atoms with van der Waals surface area (Å²) >= 11 is 1.70. The Hall–Kier alpha value is -2.41. The fourth-order valence-corrected chi connectivity index (χ4v) is 4.72. The normalized spacial score (nSPS) is 15.4. The molecule has 1 aromatic heterocycles. The van der Waals surface area contributed by atoms with Crippen molar-refractivity contribution >= 4 is 17.0 Å². The van der Waals surface area contributed by atoms with E-state index in [1.807, 2.05) is 31.2 Å². The second-order valence-electron chi connectivity index (χ2n) is 7.43. The molecule has 1 N–H and O–H groups in total. The van der Waals surface area contributed by atoms with Gasteiger partial charge in [0.25, 0.3) is 0 Å². The molecule has 0 radical (unpaired) electrons. The van der Waals surface area contributed by atoms with E-state index in [4.69, 9.17) is 14.5 Å². The Kier molecular flexibility index (Phi) is 7.34. The van der Waals surface area contributed by atoms with Crippen molar-refractivity contribution in [3.05, 3.63) is 64.8 Å². The lowest BCUT2D eigenvalue weighted by atomic mass is 10.2. The maximum absolute atomic E-state index is 5.55. The first-order chi connectivity index (χ1) is 14.8. The molecule has 30 heavy (non-hydrogen) atoms. The molecule has 2 aromatic carbocycles. The van der Waals surface area contributed by atoms with Crippen LogP contribution in [-0.4, -0.2) is 44.0 Å². The van der Waals surface area contributed by atoms with Crippen LogP contribution in [0.1, 0.15) is 13.3 Å². The average molecular weight is 425 g/mol. The van der Waals surface area contributed by atoms with E-state index in [0.29, 0.717) is 6.61 Å². The van der Waals surface area contributed by atoms with Crippen LogP contribution < -0.4 is 14.4 Å². The number of rotatable bonds is 8. The van der Waals surface area contributed by atoms with Gasteiger partial charge in [0.1, 0.15) is 18.8 Å². The molecule has 0 aliphatic carbocycles. The van der Waals surface area contributed by atoms with Gasteiger partial charge in [-0.3, -0.25) is 0 Å². The average Bonchev–Trinajstić information content (AvgIpc) is 3.19. The van der Waals surface area contributed by atoms with Gasteiger partial charge in [-0.15, -0.1) is 11.3 Å². The first kappa shape index (κ1) is 20.8. The topological polar surface area (TPSA) is 40.2 Å². The van der Waals surface area contributed by atoms with E-state index in [1.165, 1.54) is 17.8 Å². The fraction of sp³-hybridized carbons (Fsp3) is 0.375. The van der Waals surface area contributed by atoms with Gasteiger partial charge in [-0.05, 0) is 36.8 Å². The van der Waals surface area contributed by atoms with Gasteiger partial charge in [0.2, 0.25) is 0 Å². The highest BCUT2D eigenvalue weighted by atomic mass is 32.1. The number of hydrogen-bond donors (Lipinski definition) is 1. The zero-order valence-electron chi connectivity index (χ0n) is 17.5. The second-order valence-corrected chi connectivity index (χ2v) is 8.26. The molecule has 2 heterocycles. The molecule has 158 valence electrons. The van der Waals surface area contributed by atoms with Crippen LogP contribution in [0.5, 0.6) is 5.75 Å². The Morgan fingerprint density at radius 2 is 1.83 bits per heavy atom. The molecule has 6 heteroatoms. The summed E-state index contributed by atoms with van der Waals surface area (Å²) in [6.45, 7) is 8.80. The molecule has 4 rings (SSSR count). The number of ether oxygens (including phenoxy) is 2. The Bertz CT molecular complexity index is 974. The maximum Gasteiger partial charge on any atom is 0.190 e. The molecule has 0 amide bonds. The Morgan fingerprint density at radius 1 is 1.07 bits per heavy atom. The van der Waals surface area contributed by atoms with Crippen LogP contribution in [0.3, 0.4) is 0 Å². The van der Waals surface area contributed by atoms with Gasteiger partial charge in [-0.25, -0.2) is 4.99 Å². The lowest BCUT2D eigenvalue weighted by molar-refractivity contribution is -0.908. The van der Waals surface area contributed by atoms with Gasteiger partial charge in [0, 0.05) is 18.3 Å². The van der Waals surface area contributed by atoms with E-state index < -0.39 is 0 Å². The summed E-state index contributed by atoms with van der Waals surface area (Å²) in [5, 5.41) is 2.23. The van der Waals surface area contributed by atoms with Gasteiger partial charge in [-0.2, -0.15) is 0 Å². The van der Waals surface area contributed by atoms with Crippen molar-refractivity contribution in [2.75, 3.05) is 39.5 Å². The predicted molar refractivity (Wildman–Crippen MR) is 122 cm³/mol. The molecule has 1 aliphatic heterocycles. The highest BCUT2D eigenvalue weighted by Gasteiger charge is 2.14. The van der Waals surface area contributed by atoms with Crippen molar-refractivity contribution in [3.63, 3.8) is 0 Å².